The van der Waals surface area contributed by atoms with Gasteiger partial charge < -0.3 is 4.74 Å². The Morgan fingerprint density at radius 2 is 2.05 bits per heavy atom. The molecule has 2 rings (SSSR count). The third-order valence-corrected chi connectivity index (χ3v) is 3.05. The average molecular weight is 294 g/mol. The summed E-state index contributed by atoms with van der Waals surface area (Å²) in [4.78, 5) is 26.6. The van der Waals surface area contributed by atoms with Crippen LogP contribution in [0.5, 0.6) is 5.75 Å². The Labute approximate surface area is 118 Å². The number of carbonyl (C=O) groups excluding carboxylic acids is 2. The van der Waals surface area contributed by atoms with Crippen LogP contribution in [0, 0.1) is 5.82 Å². The zero-order valence-corrected chi connectivity index (χ0v) is 11.4. The van der Waals surface area contributed by atoms with Crippen LogP contribution in [0.1, 0.15) is 17.4 Å². The number of hydrogen-bond acceptors (Lipinski definition) is 5. The van der Waals surface area contributed by atoms with Crippen LogP contribution in [-0.2, 0) is 4.79 Å². The van der Waals surface area contributed by atoms with E-state index in [1.165, 1.54) is 31.2 Å². The number of hydrogen-bond donors (Lipinski definition) is 1. The third-order valence-electron chi connectivity index (χ3n) is 2.29. The number of nitrogens with one attached hydrogen (secondary N) is 1. The normalized spacial score (nSPS) is 10.1. The summed E-state index contributed by atoms with van der Waals surface area (Å²) in [7, 11) is 0. The topological polar surface area (TPSA) is 68.3 Å². The predicted octanol–water partition coefficient (Wildman–Crippen LogP) is 2.50. The van der Waals surface area contributed by atoms with Crippen molar-refractivity contribution in [3.63, 3.8) is 0 Å². The predicted molar refractivity (Wildman–Crippen MR) is 72.6 cm³/mol. The number of amides is 1. The van der Waals surface area contributed by atoms with E-state index in [-0.39, 0.29) is 18.2 Å². The van der Waals surface area contributed by atoms with Gasteiger partial charge in [-0.2, -0.15) is 0 Å². The molecule has 0 saturated heterocycles. The minimum absolute atomic E-state index is 0.163. The first kappa shape index (κ1) is 14.1. The first-order valence-corrected chi connectivity index (χ1v) is 6.57. The third kappa shape index (κ3) is 3.86. The highest BCUT2D eigenvalue weighted by Gasteiger charge is 2.09. The Kier molecular flexibility index (Phi) is 4.41. The first-order valence-electron chi connectivity index (χ1n) is 5.69. The number of nitrogens with zero attached hydrogens (tertiary/aromatic N) is 1. The summed E-state index contributed by atoms with van der Waals surface area (Å²) in [5.74, 6) is -0.547. The molecule has 1 aromatic carbocycles. The van der Waals surface area contributed by atoms with Crippen molar-refractivity contribution in [3.8, 4) is 5.75 Å². The summed E-state index contributed by atoms with van der Waals surface area (Å²) >= 11 is 1.16. The molecular formula is C13H11FN2O3S. The molecule has 1 aromatic heterocycles. The molecule has 0 saturated carbocycles. The van der Waals surface area contributed by atoms with Crippen LogP contribution in [0.15, 0.2) is 29.6 Å². The molecule has 104 valence electrons. The summed E-state index contributed by atoms with van der Waals surface area (Å²) in [5, 5.41) is 4.42. The fourth-order valence-corrected chi connectivity index (χ4v) is 2.09. The standard InChI is InChI=1S/C13H11FN2O3S/c1-8(17)11-7-20-13(15-11)16-12(18)6-19-10-4-2-9(14)3-5-10/h2-5,7H,6H2,1H3,(H,15,16,18). The van der Waals surface area contributed by atoms with E-state index in [2.05, 4.69) is 10.3 Å². The number of halogens is 1. The van der Waals surface area contributed by atoms with Gasteiger partial charge in [0, 0.05) is 12.3 Å². The number of rotatable bonds is 5. The molecule has 0 fully saturated rings. The van der Waals surface area contributed by atoms with Crippen LogP contribution in [0.3, 0.4) is 0 Å². The molecule has 0 spiro atoms. The van der Waals surface area contributed by atoms with Crippen LogP contribution in [0.4, 0.5) is 9.52 Å². The second-order valence-corrected chi connectivity index (χ2v) is 4.74. The quantitative estimate of drug-likeness (QED) is 0.860. The highest BCUT2D eigenvalue weighted by atomic mass is 32.1. The number of ether oxygens (including phenoxy) is 1. The van der Waals surface area contributed by atoms with Crippen LogP contribution >= 0.6 is 11.3 Å². The maximum Gasteiger partial charge on any atom is 0.264 e. The first-order chi connectivity index (χ1) is 9.54. The number of Topliss-reactive ketones (excluding diaryl/α,β-unsaturated/α-hetero) is 1. The Balaban J connectivity index is 1.85. The lowest BCUT2D eigenvalue weighted by Crippen LogP contribution is -2.20. The van der Waals surface area contributed by atoms with Crippen molar-refractivity contribution in [1.82, 2.24) is 4.98 Å². The number of thiazole rings is 1. The van der Waals surface area contributed by atoms with E-state index in [0.29, 0.717) is 16.6 Å². The van der Waals surface area contributed by atoms with Crippen LogP contribution in [0.25, 0.3) is 0 Å². The van der Waals surface area contributed by atoms with Gasteiger partial charge in [0.2, 0.25) is 0 Å². The number of anilines is 1. The lowest BCUT2D eigenvalue weighted by atomic mass is 10.3. The van der Waals surface area contributed by atoms with Gasteiger partial charge in [0.15, 0.2) is 17.5 Å². The van der Waals surface area contributed by atoms with E-state index < -0.39 is 5.91 Å². The fourth-order valence-electron chi connectivity index (χ4n) is 1.33. The number of benzene rings is 1. The number of aromatic nitrogens is 1. The van der Waals surface area contributed by atoms with Gasteiger partial charge in [-0.05, 0) is 24.3 Å². The minimum Gasteiger partial charge on any atom is -0.484 e. The molecule has 0 aliphatic carbocycles. The molecular weight excluding hydrogens is 283 g/mol. The lowest BCUT2D eigenvalue weighted by molar-refractivity contribution is -0.118. The zero-order valence-electron chi connectivity index (χ0n) is 10.6. The second kappa shape index (κ2) is 6.25. The van der Waals surface area contributed by atoms with Crippen molar-refractivity contribution in [2.45, 2.75) is 6.92 Å². The molecule has 5 nitrogen and oxygen atoms in total. The fraction of sp³-hybridized carbons (Fsp3) is 0.154. The van der Waals surface area contributed by atoms with Crippen LogP contribution in [0.2, 0.25) is 0 Å². The summed E-state index contributed by atoms with van der Waals surface area (Å²) in [5.41, 5.74) is 0.310. The highest BCUT2D eigenvalue weighted by molar-refractivity contribution is 7.14. The van der Waals surface area contributed by atoms with Gasteiger partial charge in [0.1, 0.15) is 17.3 Å². The molecule has 1 heterocycles. The Morgan fingerprint density at radius 1 is 1.35 bits per heavy atom. The molecule has 0 atom stereocenters. The van der Waals surface area contributed by atoms with Crippen molar-refractivity contribution in [2.24, 2.45) is 0 Å². The summed E-state index contributed by atoms with van der Waals surface area (Å²) < 4.78 is 17.9. The van der Waals surface area contributed by atoms with E-state index in [9.17, 15) is 14.0 Å². The number of ketones is 1. The Hall–Kier alpha value is -2.28. The molecule has 1 amide bonds. The van der Waals surface area contributed by atoms with Gasteiger partial charge in [-0.25, -0.2) is 9.37 Å². The Morgan fingerprint density at radius 3 is 2.65 bits per heavy atom. The lowest BCUT2D eigenvalue weighted by Gasteiger charge is -2.05. The second-order valence-electron chi connectivity index (χ2n) is 3.88. The molecule has 20 heavy (non-hydrogen) atoms. The maximum atomic E-state index is 12.7. The molecule has 0 radical (unpaired) electrons. The van der Waals surface area contributed by atoms with E-state index in [4.69, 9.17) is 4.74 Å². The van der Waals surface area contributed by atoms with Gasteiger partial charge in [0.05, 0.1) is 0 Å². The van der Waals surface area contributed by atoms with Crippen LogP contribution < -0.4 is 10.1 Å². The minimum atomic E-state index is -0.404. The molecule has 1 N–H and O–H groups in total. The monoisotopic (exact) mass is 294 g/mol. The Bertz CT molecular complexity index is 625. The van der Waals surface area contributed by atoms with Crippen molar-refractivity contribution in [2.75, 3.05) is 11.9 Å². The van der Waals surface area contributed by atoms with Crippen molar-refractivity contribution >= 4 is 28.2 Å². The SMILES string of the molecule is CC(=O)c1csc(NC(=O)COc2ccc(F)cc2)n1. The smallest absolute Gasteiger partial charge is 0.264 e. The van der Waals surface area contributed by atoms with Gasteiger partial charge >= 0.3 is 0 Å². The van der Waals surface area contributed by atoms with Gasteiger partial charge in [0.25, 0.3) is 5.91 Å². The average Bonchev–Trinajstić information content (AvgIpc) is 2.87. The van der Waals surface area contributed by atoms with E-state index >= 15 is 0 Å². The maximum absolute atomic E-state index is 12.7. The van der Waals surface area contributed by atoms with Gasteiger partial charge in [-0.1, -0.05) is 0 Å². The van der Waals surface area contributed by atoms with Crippen molar-refractivity contribution < 1.29 is 18.7 Å². The zero-order chi connectivity index (χ0) is 14.5. The van der Waals surface area contributed by atoms with E-state index in [0.717, 1.165) is 11.3 Å². The van der Waals surface area contributed by atoms with E-state index in [1.807, 2.05) is 0 Å². The molecule has 7 heteroatoms. The largest absolute Gasteiger partial charge is 0.484 e. The molecule has 0 unspecified atom stereocenters. The summed E-state index contributed by atoms with van der Waals surface area (Å²) in [6.45, 7) is 1.18. The molecule has 0 aliphatic heterocycles. The molecule has 0 bridgehead atoms. The molecule has 0 aliphatic rings. The van der Waals surface area contributed by atoms with Crippen LogP contribution in [-0.4, -0.2) is 23.3 Å². The van der Waals surface area contributed by atoms with Gasteiger partial charge in [-0.3, -0.25) is 14.9 Å². The summed E-state index contributed by atoms with van der Waals surface area (Å²) in [6, 6.07) is 5.35. The summed E-state index contributed by atoms with van der Waals surface area (Å²) in [6.07, 6.45) is 0. The van der Waals surface area contributed by atoms with Crippen molar-refractivity contribution in [3.05, 3.63) is 41.2 Å². The van der Waals surface area contributed by atoms with Crippen molar-refractivity contribution in [1.29, 1.82) is 0 Å². The highest BCUT2D eigenvalue weighted by Crippen LogP contribution is 2.16. The number of carbonyl (C=O) groups is 2. The van der Waals surface area contributed by atoms with E-state index in [1.54, 1.807) is 5.38 Å². The molecule has 2 aromatic rings. The van der Waals surface area contributed by atoms with Gasteiger partial charge in [-0.15, -0.1) is 11.3 Å².